The maximum absolute atomic E-state index is 16.9. The van der Waals surface area contributed by atoms with Crippen molar-refractivity contribution in [3.63, 3.8) is 0 Å². The lowest BCUT2D eigenvalue weighted by atomic mass is 9.39. The van der Waals surface area contributed by atoms with Crippen molar-refractivity contribution in [2.24, 2.45) is 29.1 Å². The first-order chi connectivity index (χ1) is 32.6. The van der Waals surface area contributed by atoms with E-state index >= 15 is 4.79 Å². The molecule has 0 N–H and O–H groups in total. The van der Waals surface area contributed by atoms with E-state index in [9.17, 15) is 0 Å². The molecule has 8 heteroatoms. The summed E-state index contributed by atoms with van der Waals surface area (Å²) in [5.41, 5.74) is 27.4. The molecule has 5 aromatic heterocycles. The molecular formula is C58H43B2N5O. The van der Waals surface area contributed by atoms with Crippen LogP contribution >= 0.6 is 0 Å². The predicted octanol–water partition coefficient (Wildman–Crippen LogP) is 9.24. The summed E-state index contributed by atoms with van der Waals surface area (Å²) in [5, 5.41) is 5.38. The average Bonchev–Trinajstić information content (AvgIpc) is 4.14. The van der Waals surface area contributed by atoms with Crippen LogP contribution in [-0.4, -0.2) is 36.0 Å². The Morgan fingerprint density at radius 1 is 0.485 bits per heavy atom. The Labute approximate surface area is 380 Å². The van der Waals surface area contributed by atoms with Gasteiger partial charge in [-0.05, 0) is 167 Å². The smallest absolute Gasteiger partial charge is 0.340 e. The molecule has 8 aliphatic carbocycles. The molecular weight excluding hydrogens is 804 g/mol. The van der Waals surface area contributed by atoms with Gasteiger partial charge in [0.25, 0.3) is 0 Å². The van der Waals surface area contributed by atoms with Crippen LogP contribution in [0.2, 0.25) is 0 Å². The zero-order valence-electron chi connectivity index (χ0n) is 36.6. The normalized spacial score (nSPS) is 30.5. The first-order valence-electron chi connectivity index (χ1n) is 25.8. The Morgan fingerprint density at radius 2 is 1.02 bits per heavy atom. The summed E-state index contributed by atoms with van der Waals surface area (Å²) in [7, 11) is 0. The van der Waals surface area contributed by atoms with Crippen LogP contribution in [0.5, 0.6) is 0 Å². The van der Waals surface area contributed by atoms with Gasteiger partial charge in [0.15, 0.2) is 0 Å². The third-order valence-electron chi connectivity index (χ3n) is 21.9. The molecule has 66 heavy (non-hydrogen) atoms. The molecule has 22 rings (SSSR count). The zero-order chi connectivity index (χ0) is 41.7. The number of nitrogens with zero attached hydrogens (tertiary/aromatic N) is 5. The molecule has 1 spiro atoms. The highest BCUT2D eigenvalue weighted by atomic mass is 16.1. The van der Waals surface area contributed by atoms with Crippen LogP contribution < -0.4 is 27.5 Å². The van der Waals surface area contributed by atoms with Crippen molar-refractivity contribution in [2.45, 2.75) is 87.9 Å². The number of para-hydroxylation sites is 4. The molecule has 7 bridgehead atoms. The second-order valence-electron chi connectivity index (χ2n) is 23.9. The van der Waals surface area contributed by atoms with Crippen molar-refractivity contribution in [3.8, 4) is 27.9 Å². The Kier molecular flexibility index (Phi) is 4.82. The minimum absolute atomic E-state index is 0.0264. The third kappa shape index (κ3) is 3.00. The molecule has 5 saturated carbocycles. The lowest BCUT2D eigenvalue weighted by Gasteiger charge is -2.48. The second kappa shape index (κ2) is 9.79. The Balaban J connectivity index is 1.06. The van der Waals surface area contributed by atoms with Crippen molar-refractivity contribution in [3.05, 3.63) is 124 Å². The van der Waals surface area contributed by atoms with Crippen LogP contribution in [-0.2, 0) is 0 Å². The quantitative estimate of drug-likeness (QED) is 0.141. The number of benzene rings is 5. The summed E-state index contributed by atoms with van der Waals surface area (Å²) in [5.74, 6) is 5.06. The fourth-order valence-electron chi connectivity index (χ4n) is 20.4. The van der Waals surface area contributed by atoms with Crippen LogP contribution in [0.4, 0.5) is 0 Å². The molecule has 6 nitrogen and oxygen atoms in total. The molecule has 0 saturated heterocycles. The number of fused-ring (bicyclic) bond motifs is 19. The highest BCUT2D eigenvalue weighted by molar-refractivity contribution is 6.94. The second-order valence-corrected chi connectivity index (χ2v) is 23.9. The van der Waals surface area contributed by atoms with Crippen molar-refractivity contribution >= 4 is 90.5 Å². The zero-order valence-corrected chi connectivity index (χ0v) is 36.6. The van der Waals surface area contributed by atoms with E-state index in [1.165, 1.54) is 180 Å². The molecule has 4 aliphatic heterocycles. The molecule has 12 aliphatic rings. The van der Waals surface area contributed by atoms with Gasteiger partial charge in [-0.15, -0.1) is 0 Å². The van der Waals surface area contributed by atoms with Gasteiger partial charge in [0.1, 0.15) is 11.3 Å². The van der Waals surface area contributed by atoms with Crippen molar-refractivity contribution in [1.82, 2.24) is 22.3 Å². The van der Waals surface area contributed by atoms with Gasteiger partial charge < -0.3 is 8.96 Å². The molecule has 7 atom stereocenters. The van der Waals surface area contributed by atoms with E-state index in [2.05, 4.69) is 113 Å². The minimum Gasteiger partial charge on any atom is -0.375 e. The van der Waals surface area contributed by atoms with Crippen LogP contribution in [0.15, 0.2) is 95.8 Å². The molecule has 0 radical (unpaired) electrons. The summed E-state index contributed by atoms with van der Waals surface area (Å²) in [6.45, 7) is -0.0543. The van der Waals surface area contributed by atoms with Gasteiger partial charge >= 0.3 is 19.4 Å². The van der Waals surface area contributed by atoms with Gasteiger partial charge in [-0.25, -0.2) is 4.79 Å². The molecule has 9 heterocycles. The van der Waals surface area contributed by atoms with Crippen LogP contribution in [0.25, 0.3) is 82.8 Å². The van der Waals surface area contributed by atoms with Gasteiger partial charge in [0.2, 0.25) is 0 Å². The van der Waals surface area contributed by atoms with Gasteiger partial charge in [0, 0.05) is 83.6 Å². The van der Waals surface area contributed by atoms with Crippen molar-refractivity contribution < 1.29 is 0 Å². The molecule has 7 unspecified atom stereocenters. The SMILES string of the molecule is O=c1n2c3c(c4c2n2c5c(c6c(n15)C1CC5CC7CC6CC75C1)B1c5c(cc6c(c5-2)B4n2c4ccccc4c4cccc-6c42)-c2cccc4c5ccccc5n1c24)C1CC2CC(C1)CC3C2. The highest BCUT2D eigenvalue weighted by Crippen LogP contribution is 2.76. The molecule has 0 amide bonds. The van der Waals surface area contributed by atoms with E-state index in [0.29, 0.717) is 29.1 Å². The molecule has 5 aromatic carbocycles. The summed E-state index contributed by atoms with van der Waals surface area (Å²) in [6.07, 6.45) is 13.0. The Bertz CT molecular complexity index is 4260. The third-order valence-corrected chi connectivity index (χ3v) is 21.9. The summed E-state index contributed by atoms with van der Waals surface area (Å²) in [4.78, 5) is 16.9. The van der Waals surface area contributed by atoms with E-state index in [0.717, 1.165) is 23.7 Å². The lowest BCUT2D eigenvalue weighted by molar-refractivity contribution is 0.00321. The van der Waals surface area contributed by atoms with Gasteiger partial charge in [0.05, 0.1) is 0 Å². The van der Waals surface area contributed by atoms with E-state index in [1.807, 2.05) is 0 Å². The largest absolute Gasteiger partial charge is 0.375 e. The number of aromatic nitrogens is 5. The monoisotopic (exact) mass is 847 g/mol. The molecule has 5 fully saturated rings. The van der Waals surface area contributed by atoms with Gasteiger partial charge in [-0.1, -0.05) is 72.8 Å². The molecule has 312 valence electrons. The fraction of sp³-hybridized carbons (Fsp3) is 0.328. The Hall–Kier alpha value is -6.14. The highest BCUT2D eigenvalue weighted by Gasteiger charge is 2.67. The summed E-state index contributed by atoms with van der Waals surface area (Å²) < 4.78 is 13.3. The Morgan fingerprint density at radius 3 is 1.65 bits per heavy atom. The number of rotatable bonds is 0. The fourth-order valence-corrected chi connectivity index (χ4v) is 20.4. The topological polar surface area (TPSA) is 40.7 Å². The first-order valence-corrected chi connectivity index (χ1v) is 25.8. The van der Waals surface area contributed by atoms with E-state index in [1.54, 1.807) is 11.1 Å². The standard InChI is InChI=1S/C58H43B2N5O/c66-57-62-50-29-18-26-15-27(19-29)17-28(16-26)44(50)48-55(62)61-54-46-40(38-11-5-9-36-34-7-1-3-13-42(34)64(52(36)38)59(46)48)23-41-39-12-6-10-37-35-8-2-4-14-43(35)65(53(37)39)60(47(41)54)49-45-30-20-32-22-33-21-31(25-58(32,33)24-30)51(45)63(57)56(49)61/h1-14,23,26-33H,15-22,24-25H2. The van der Waals surface area contributed by atoms with Crippen molar-refractivity contribution in [1.29, 1.82) is 0 Å². The van der Waals surface area contributed by atoms with Crippen LogP contribution in [0.1, 0.15) is 110 Å². The van der Waals surface area contributed by atoms with Crippen LogP contribution in [0.3, 0.4) is 0 Å². The van der Waals surface area contributed by atoms with E-state index < -0.39 is 0 Å². The van der Waals surface area contributed by atoms with E-state index in [-0.39, 0.29) is 19.4 Å². The van der Waals surface area contributed by atoms with Crippen LogP contribution in [0, 0.1) is 29.1 Å². The lowest BCUT2D eigenvalue weighted by Crippen LogP contribution is -2.64. The average molecular weight is 848 g/mol. The summed E-state index contributed by atoms with van der Waals surface area (Å²) in [6, 6.07) is 35.5. The first kappa shape index (κ1) is 32.5. The van der Waals surface area contributed by atoms with E-state index in [4.69, 9.17) is 0 Å². The van der Waals surface area contributed by atoms with Gasteiger partial charge in [-0.3, -0.25) is 13.4 Å². The maximum Gasteiger partial charge on any atom is 0.340 e. The summed E-state index contributed by atoms with van der Waals surface area (Å²) >= 11 is 0. The minimum atomic E-state index is -0.0279. The molecule has 10 aromatic rings. The predicted molar refractivity (Wildman–Crippen MR) is 265 cm³/mol. The maximum atomic E-state index is 16.9. The van der Waals surface area contributed by atoms with Gasteiger partial charge in [-0.2, -0.15) is 0 Å². The number of hydrogen-bond acceptors (Lipinski definition) is 1. The number of hydrogen-bond donors (Lipinski definition) is 0. The van der Waals surface area contributed by atoms with Crippen molar-refractivity contribution in [2.75, 3.05) is 0 Å².